The van der Waals surface area contributed by atoms with Crippen molar-refractivity contribution in [1.29, 1.82) is 0 Å². The molecule has 35 heavy (non-hydrogen) atoms. The smallest absolute Gasteiger partial charge is 0.150 e. The first-order valence-corrected chi connectivity index (χ1v) is 13.2. The molecule has 0 saturated heterocycles. The molecule has 0 radical (unpaired) electrons. The molecule has 0 bridgehead atoms. The Kier molecular flexibility index (Phi) is 54.9. The average molecular weight is 527 g/mol. The first-order valence-electron chi connectivity index (χ1n) is 10.6. The molecule has 0 saturated carbocycles. The number of hydrogen-bond acceptors (Lipinski definition) is 5. The van der Waals surface area contributed by atoms with Gasteiger partial charge in [0.1, 0.15) is 6.29 Å². The van der Waals surface area contributed by atoms with E-state index in [1.54, 1.807) is 42.5 Å². The molecule has 2 atom stereocenters. The zero-order valence-electron chi connectivity index (χ0n) is 20.7. The molecule has 0 aliphatic rings. The Balaban J connectivity index is -0.0000000752. The highest BCUT2D eigenvalue weighted by Crippen LogP contribution is 2.00. The molecule has 0 heterocycles. The predicted octanol–water partition coefficient (Wildman–Crippen LogP) is 7.96. The van der Waals surface area contributed by atoms with Crippen LogP contribution in [0.25, 0.3) is 0 Å². The van der Waals surface area contributed by atoms with Crippen LogP contribution >= 0.6 is 0 Å². The average Bonchev–Trinajstić information content (AvgIpc) is 2.90. The van der Waals surface area contributed by atoms with Crippen molar-refractivity contribution in [3.8, 4) is 0 Å². The van der Waals surface area contributed by atoms with Gasteiger partial charge in [0.25, 0.3) is 0 Å². The van der Waals surface area contributed by atoms with E-state index in [9.17, 15) is 13.6 Å². The van der Waals surface area contributed by atoms with Crippen molar-refractivity contribution in [2.24, 2.45) is 0 Å². The van der Waals surface area contributed by atoms with E-state index in [2.05, 4.69) is 0 Å². The highest BCUT2D eigenvalue weighted by molar-refractivity contribution is 7.79. The first kappa shape index (κ1) is 46.0. The normalized spacial score (nSPS) is 8.94. The van der Waals surface area contributed by atoms with Gasteiger partial charge >= 0.3 is 0 Å². The van der Waals surface area contributed by atoms with Gasteiger partial charge in [-0.3, -0.25) is 13.2 Å². The van der Waals surface area contributed by atoms with Crippen molar-refractivity contribution in [3.63, 3.8) is 0 Å². The third-order valence-corrected chi connectivity index (χ3v) is 3.20. The van der Waals surface area contributed by atoms with Crippen LogP contribution in [-0.2, 0) is 22.2 Å². The lowest BCUT2D eigenvalue weighted by Gasteiger charge is -2.01. The molecule has 3 aromatic rings. The summed E-state index contributed by atoms with van der Waals surface area (Å²) in [6.07, 6.45) is 1.92. The lowest BCUT2D eigenvalue weighted by Crippen LogP contribution is -1.85. The second kappa shape index (κ2) is 41.8. The molecule has 3 rings (SSSR count). The van der Waals surface area contributed by atoms with E-state index in [4.69, 9.17) is 8.76 Å². The lowest BCUT2D eigenvalue weighted by molar-refractivity contribution is 0.112. The molecule has 0 fully saturated rings. The number of carbonyl (C=O) groups excluding carboxylic acids is 1. The van der Waals surface area contributed by atoms with Gasteiger partial charge in [-0.15, -0.1) is 0 Å². The highest BCUT2D eigenvalue weighted by atomic mass is 32.2. The number of benzene rings is 3. The van der Waals surface area contributed by atoms with Crippen LogP contribution in [0.1, 0.15) is 66.8 Å². The van der Waals surface area contributed by atoms with E-state index in [-0.39, 0.29) is 14.9 Å². The summed E-state index contributed by atoms with van der Waals surface area (Å²) < 4.78 is 38.4. The molecule has 0 aliphatic heterocycles. The van der Waals surface area contributed by atoms with Gasteiger partial charge in [0.15, 0.2) is 0 Å². The van der Waals surface area contributed by atoms with E-state index in [1.165, 1.54) is 0 Å². The van der Waals surface area contributed by atoms with Crippen LogP contribution in [0.2, 0.25) is 0 Å². The monoisotopic (exact) mass is 526 g/mol. The number of hydrogen-bond donors (Lipinski definition) is 0. The molecule has 0 aliphatic carbocycles. The molecule has 7 heteroatoms. The van der Waals surface area contributed by atoms with Gasteiger partial charge in [0.05, 0.1) is 0 Å². The summed E-state index contributed by atoms with van der Waals surface area (Å²) in [4.78, 5) is 10.3. The Bertz CT molecular complexity index is 738. The Morgan fingerprint density at radius 2 is 0.800 bits per heavy atom. The van der Waals surface area contributed by atoms with E-state index in [0.29, 0.717) is 4.90 Å². The van der Waals surface area contributed by atoms with E-state index in [0.717, 1.165) is 18.1 Å². The molecular formula is C28H46O5S2-2. The fraction of sp³-hybridized carbons (Fsp3) is 0.321. The summed E-state index contributed by atoms with van der Waals surface area (Å²) in [5.41, 5.74) is 0.729. The Morgan fingerprint density at radius 3 is 0.971 bits per heavy atom. The lowest BCUT2D eigenvalue weighted by atomic mass is 10.2. The van der Waals surface area contributed by atoms with Gasteiger partial charge in [0.2, 0.25) is 0 Å². The zero-order valence-corrected chi connectivity index (χ0v) is 22.3. The number of carbonyl (C=O) groups is 1. The quantitative estimate of drug-likeness (QED) is 0.249. The summed E-state index contributed by atoms with van der Waals surface area (Å²) in [5.74, 6) is 0. The third kappa shape index (κ3) is 42.2. The van der Waals surface area contributed by atoms with Crippen molar-refractivity contribution >= 4 is 28.4 Å². The molecule has 2 unspecified atom stereocenters. The van der Waals surface area contributed by atoms with Crippen molar-refractivity contribution in [2.75, 3.05) is 6.26 Å². The van der Waals surface area contributed by atoms with Crippen LogP contribution in [0, 0.1) is 0 Å². The van der Waals surface area contributed by atoms with Crippen molar-refractivity contribution in [1.82, 2.24) is 0 Å². The SMILES string of the molecule is C.C.CC.CC.CC.CS(=O)[O-].O=Cc1ccccc1.O=S([O-])c1ccccc1.c1ccccc1. The molecule has 0 amide bonds. The van der Waals surface area contributed by atoms with Gasteiger partial charge in [-0.1, -0.05) is 152 Å². The summed E-state index contributed by atoms with van der Waals surface area (Å²) in [7, 11) is 0. The minimum atomic E-state index is -2.08. The van der Waals surface area contributed by atoms with Gasteiger partial charge in [-0.05, 0) is 29.5 Å². The Labute approximate surface area is 220 Å². The second-order valence-corrected chi connectivity index (χ2v) is 6.38. The fourth-order valence-corrected chi connectivity index (χ4v) is 1.83. The fourth-order valence-electron chi connectivity index (χ4n) is 1.45. The predicted molar refractivity (Wildman–Crippen MR) is 154 cm³/mol. The Morgan fingerprint density at radius 1 is 0.571 bits per heavy atom. The van der Waals surface area contributed by atoms with Gasteiger partial charge < -0.3 is 9.11 Å². The largest absolute Gasteiger partial charge is 0.773 e. The minimum absolute atomic E-state index is 0. The third-order valence-electron chi connectivity index (χ3n) is 2.54. The summed E-state index contributed by atoms with van der Waals surface area (Å²) >= 11 is -3.94. The minimum Gasteiger partial charge on any atom is -0.773 e. The van der Waals surface area contributed by atoms with Crippen LogP contribution < -0.4 is 0 Å². The van der Waals surface area contributed by atoms with Gasteiger partial charge in [-0.2, -0.15) is 0 Å². The van der Waals surface area contributed by atoms with E-state index < -0.39 is 22.2 Å². The van der Waals surface area contributed by atoms with Crippen LogP contribution in [0.15, 0.2) is 102 Å². The highest BCUT2D eigenvalue weighted by Gasteiger charge is 1.84. The zero-order chi connectivity index (χ0) is 26.3. The standard InChI is InChI=1S/C7H6O.C6H6O2S.C6H6.3C2H6.CH4O2S.2CH4/c8-6-7-4-2-1-3-5-7;7-9(8)6-4-2-1-3-5-6;1-2-4-6-5-3-1;3*1-2;1-4(2)3;;/h1-6H;1-5H,(H,7,8);1-6H;3*1-2H3;1H3,(H,2,3);2*1H4/p-2. The maximum atomic E-state index is 10.2. The van der Waals surface area contributed by atoms with Crippen LogP contribution in [0.4, 0.5) is 0 Å². The number of rotatable bonds is 2. The first-order chi connectivity index (χ1) is 16.0. The molecule has 0 spiro atoms. The Hall–Kier alpha value is -2.45. The van der Waals surface area contributed by atoms with Crippen molar-refractivity contribution in [2.45, 2.75) is 61.3 Å². The second-order valence-electron chi connectivity index (χ2n) is 4.63. The van der Waals surface area contributed by atoms with Gasteiger partial charge in [-0.25, -0.2) is 0 Å². The van der Waals surface area contributed by atoms with E-state index in [1.807, 2.05) is 96.1 Å². The van der Waals surface area contributed by atoms with Crippen LogP contribution in [0.3, 0.4) is 0 Å². The van der Waals surface area contributed by atoms with Crippen molar-refractivity contribution in [3.05, 3.63) is 103 Å². The topological polar surface area (TPSA) is 97.3 Å². The molecule has 0 N–H and O–H groups in total. The summed E-state index contributed by atoms with van der Waals surface area (Å²) in [6.45, 7) is 12.0. The maximum absolute atomic E-state index is 10.2. The molecule has 0 aromatic heterocycles. The van der Waals surface area contributed by atoms with Crippen molar-refractivity contribution < 1.29 is 22.3 Å². The van der Waals surface area contributed by atoms with Crippen LogP contribution in [-0.4, -0.2) is 30.1 Å². The maximum Gasteiger partial charge on any atom is 0.150 e. The summed E-state index contributed by atoms with van der Waals surface area (Å²) in [5, 5.41) is 0. The van der Waals surface area contributed by atoms with Crippen LogP contribution in [0.5, 0.6) is 0 Å². The molecule has 3 aromatic carbocycles. The molecular weight excluding hydrogens is 480 g/mol. The number of aldehydes is 1. The molecule has 5 nitrogen and oxygen atoms in total. The van der Waals surface area contributed by atoms with E-state index >= 15 is 0 Å². The van der Waals surface area contributed by atoms with Gasteiger partial charge in [0, 0.05) is 10.5 Å². The molecule has 202 valence electrons. The summed E-state index contributed by atoms with van der Waals surface area (Å²) in [6, 6.07) is 29.3.